The number of para-hydroxylation sites is 1. The molecule has 0 unspecified atom stereocenters. The summed E-state index contributed by atoms with van der Waals surface area (Å²) in [6.07, 6.45) is 2.94. The van der Waals surface area contributed by atoms with Crippen molar-refractivity contribution < 1.29 is 23.5 Å². The van der Waals surface area contributed by atoms with Gasteiger partial charge in [-0.2, -0.15) is 0 Å². The van der Waals surface area contributed by atoms with Crippen molar-refractivity contribution in [3.05, 3.63) is 75.3 Å². The Morgan fingerprint density at radius 2 is 2.00 bits per heavy atom. The minimum absolute atomic E-state index is 0.247. The molecule has 8 heteroatoms. The summed E-state index contributed by atoms with van der Waals surface area (Å²) in [5.74, 6) is -0.313. The van der Waals surface area contributed by atoms with E-state index in [1.54, 1.807) is 6.07 Å². The fourth-order valence-electron chi connectivity index (χ4n) is 5.19. The number of amides is 1. The molecule has 1 N–H and O–H groups in total. The number of unbranched alkanes of at least 4 members (excludes halogenated alkanes) is 1. The van der Waals surface area contributed by atoms with Crippen molar-refractivity contribution in [3.8, 4) is 5.75 Å². The summed E-state index contributed by atoms with van der Waals surface area (Å²) >= 11 is 0. The molecule has 1 aliphatic heterocycles. The number of carbonyl (C=O) groups is 2. The van der Waals surface area contributed by atoms with E-state index in [0.29, 0.717) is 29.6 Å². The van der Waals surface area contributed by atoms with Gasteiger partial charge in [-0.25, -0.2) is 9.59 Å². The molecule has 1 atom stereocenters. The summed E-state index contributed by atoms with van der Waals surface area (Å²) in [4.78, 5) is 43.2. The zero-order chi connectivity index (χ0) is 26.1. The lowest BCUT2D eigenvalue weighted by atomic mass is 9.96. The number of aromatic nitrogens is 1. The van der Waals surface area contributed by atoms with Crippen LogP contribution in [0.3, 0.4) is 0 Å². The third-order valence-electron chi connectivity index (χ3n) is 6.98. The van der Waals surface area contributed by atoms with Crippen molar-refractivity contribution in [2.75, 3.05) is 13.7 Å². The van der Waals surface area contributed by atoms with E-state index < -0.39 is 17.6 Å². The molecule has 192 valence electrons. The molecule has 0 aliphatic carbocycles. The molecule has 8 nitrogen and oxygen atoms in total. The Labute approximate surface area is 214 Å². The number of esters is 1. The highest BCUT2D eigenvalue weighted by Gasteiger charge is 2.37. The Hall–Kier alpha value is -4.07. The fourth-order valence-corrected chi connectivity index (χ4v) is 5.19. The molecule has 2 aromatic carbocycles. The van der Waals surface area contributed by atoms with Crippen LogP contribution in [-0.2, 0) is 33.7 Å². The van der Waals surface area contributed by atoms with Crippen LogP contribution in [0.15, 0.2) is 51.7 Å². The van der Waals surface area contributed by atoms with E-state index in [1.807, 2.05) is 37.3 Å². The molecule has 0 saturated heterocycles. The molecule has 0 bridgehead atoms. The summed E-state index contributed by atoms with van der Waals surface area (Å²) in [6, 6.07) is 12.3. The minimum Gasteiger partial charge on any atom is -0.483 e. The van der Waals surface area contributed by atoms with E-state index in [0.717, 1.165) is 46.1 Å². The number of H-pyrrole nitrogens is 1. The number of benzene rings is 2. The Morgan fingerprint density at radius 1 is 1.19 bits per heavy atom. The summed E-state index contributed by atoms with van der Waals surface area (Å²) in [6.45, 7) is 3.94. The number of aryl methyl sites for hydroxylation is 2. The maximum atomic E-state index is 13.5. The third kappa shape index (κ3) is 4.71. The average Bonchev–Trinajstić information content (AvgIpc) is 3.26. The number of nitrogens with one attached hydrogen (secondary N) is 1. The maximum absolute atomic E-state index is 13.5. The van der Waals surface area contributed by atoms with E-state index in [2.05, 4.69) is 11.9 Å². The summed E-state index contributed by atoms with van der Waals surface area (Å²) in [5.41, 5.74) is 4.61. The largest absolute Gasteiger partial charge is 0.483 e. The molecule has 0 fully saturated rings. The molecule has 1 aliphatic rings. The van der Waals surface area contributed by atoms with Crippen molar-refractivity contribution in [1.82, 2.24) is 9.88 Å². The van der Waals surface area contributed by atoms with Crippen molar-refractivity contribution in [2.24, 2.45) is 0 Å². The molecule has 3 heterocycles. The molecule has 0 radical (unpaired) electrons. The van der Waals surface area contributed by atoms with E-state index >= 15 is 0 Å². The smallest absolute Gasteiger partial charge is 0.336 e. The number of ether oxygens (including phenoxy) is 2. The van der Waals surface area contributed by atoms with Gasteiger partial charge >= 0.3 is 11.6 Å². The fraction of sp³-hybridized carbons (Fsp3) is 0.345. The van der Waals surface area contributed by atoms with Crippen LogP contribution in [0.2, 0.25) is 0 Å². The van der Waals surface area contributed by atoms with Gasteiger partial charge in [-0.3, -0.25) is 4.79 Å². The standard InChI is InChI=1S/C29H30N2O6/c1-4-5-8-18-13-27(33)37-25-12-17(2)11-24(28(18)25)36-16-26(32)31-15-22-20(14-23(31)29(34)35-3)19-9-6-7-10-21(19)30-22/h6-7,9-13,23,30H,4-5,8,14-16H2,1-3H3/t23-/m0/s1. The lowest BCUT2D eigenvalue weighted by Crippen LogP contribution is -2.50. The normalized spacial score (nSPS) is 15.1. The van der Waals surface area contributed by atoms with Crippen LogP contribution < -0.4 is 10.4 Å². The molecule has 5 rings (SSSR count). The van der Waals surface area contributed by atoms with E-state index in [1.165, 1.54) is 18.1 Å². The average molecular weight is 503 g/mol. The van der Waals surface area contributed by atoms with Gasteiger partial charge in [-0.05, 0) is 54.7 Å². The first-order chi connectivity index (χ1) is 17.9. The SMILES string of the molecule is CCCCc1cc(=O)oc2cc(C)cc(OCC(=O)N3Cc4[nH]c5ccccc5c4C[C@H]3C(=O)OC)c12. The van der Waals surface area contributed by atoms with Crippen LogP contribution in [0.5, 0.6) is 5.75 Å². The number of aromatic amines is 1. The third-order valence-corrected chi connectivity index (χ3v) is 6.98. The molecule has 1 amide bonds. The summed E-state index contributed by atoms with van der Waals surface area (Å²) in [7, 11) is 1.33. The van der Waals surface area contributed by atoms with Gasteiger partial charge in [0.25, 0.3) is 5.91 Å². The van der Waals surface area contributed by atoms with Gasteiger partial charge in [-0.15, -0.1) is 0 Å². The number of hydrogen-bond acceptors (Lipinski definition) is 6. The van der Waals surface area contributed by atoms with E-state index in [-0.39, 0.29) is 19.1 Å². The molecular formula is C29H30N2O6. The van der Waals surface area contributed by atoms with Crippen molar-refractivity contribution >= 4 is 33.7 Å². The van der Waals surface area contributed by atoms with Gasteiger partial charge in [0, 0.05) is 29.1 Å². The second-order valence-electron chi connectivity index (χ2n) is 9.51. The van der Waals surface area contributed by atoms with Crippen LogP contribution >= 0.6 is 0 Å². The van der Waals surface area contributed by atoms with Crippen LogP contribution in [0.4, 0.5) is 0 Å². The second-order valence-corrected chi connectivity index (χ2v) is 9.51. The Morgan fingerprint density at radius 3 is 2.78 bits per heavy atom. The van der Waals surface area contributed by atoms with Crippen LogP contribution in [0.1, 0.15) is 42.1 Å². The van der Waals surface area contributed by atoms with Crippen molar-refractivity contribution in [2.45, 2.75) is 52.1 Å². The Kier molecular flexibility index (Phi) is 6.74. The highest BCUT2D eigenvalue weighted by molar-refractivity contribution is 5.91. The van der Waals surface area contributed by atoms with E-state index in [9.17, 15) is 14.4 Å². The second kappa shape index (κ2) is 10.1. The van der Waals surface area contributed by atoms with Crippen LogP contribution in [0, 0.1) is 6.92 Å². The molecule has 0 saturated carbocycles. The monoisotopic (exact) mass is 502 g/mol. The van der Waals surface area contributed by atoms with Gasteiger partial charge in [0.2, 0.25) is 0 Å². The van der Waals surface area contributed by atoms with Crippen LogP contribution in [0.25, 0.3) is 21.9 Å². The van der Waals surface area contributed by atoms with Gasteiger partial charge in [-0.1, -0.05) is 31.5 Å². The molecular weight excluding hydrogens is 472 g/mol. The first-order valence-electron chi connectivity index (χ1n) is 12.6. The summed E-state index contributed by atoms with van der Waals surface area (Å²) < 4.78 is 16.6. The Bertz CT molecular complexity index is 1550. The molecule has 2 aromatic heterocycles. The lowest BCUT2D eigenvalue weighted by Gasteiger charge is -2.33. The van der Waals surface area contributed by atoms with Crippen molar-refractivity contribution in [3.63, 3.8) is 0 Å². The highest BCUT2D eigenvalue weighted by atomic mass is 16.5. The van der Waals surface area contributed by atoms with Crippen molar-refractivity contribution in [1.29, 1.82) is 0 Å². The lowest BCUT2D eigenvalue weighted by molar-refractivity contribution is -0.154. The molecule has 4 aromatic rings. The molecule has 37 heavy (non-hydrogen) atoms. The van der Waals surface area contributed by atoms with Gasteiger partial charge < -0.3 is 23.8 Å². The number of carbonyl (C=O) groups excluding carboxylic acids is 2. The number of fused-ring (bicyclic) bond motifs is 4. The Balaban J connectivity index is 1.45. The first-order valence-corrected chi connectivity index (χ1v) is 12.6. The predicted molar refractivity (Wildman–Crippen MR) is 140 cm³/mol. The van der Waals surface area contributed by atoms with Gasteiger partial charge in [0.1, 0.15) is 17.4 Å². The van der Waals surface area contributed by atoms with Gasteiger partial charge in [0.05, 0.1) is 19.0 Å². The zero-order valence-corrected chi connectivity index (χ0v) is 21.3. The zero-order valence-electron chi connectivity index (χ0n) is 21.3. The topological polar surface area (TPSA) is 102 Å². The first kappa shape index (κ1) is 24.6. The summed E-state index contributed by atoms with van der Waals surface area (Å²) in [5, 5.41) is 1.74. The van der Waals surface area contributed by atoms with Gasteiger partial charge in [0.15, 0.2) is 6.61 Å². The number of hydrogen-bond donors (Lipinski definition) is 1. The minimum atomic E-state index is -0.750. The maximum Gasteiger partial charge on any atom is 0.336 e. The van der Waals surface area contributed by atoms with E-state index in [4.69, 9.17) is 13.9 Å². The highest BCUT2D eigenvalue weighted by Crippen LogP contribution is 2.33. The quantitative estimate of drug-likeness (QED) is 0.296. The number of nitrogens with zero attached hydrogens (tertiary/aromatic N) is 1. The number of rotatable bonds is 7. The predicted octanol–water partition coefficient (Wildman–Crippen LogP) is 4.43. The van der Waals surface area contributed by atoms with Crippen LogP contribution in [-0.4, -0.2) is 41.5 Å². The number of methoxy groups -OCH3 is 1. The molecule has 0 spiro atoms.